The number of carbonyl (C=O) groups excluding carboxylic acids is 1. The summed E-state index contributed by atoms with van der Waals surface area (Å²) in [7, 11) is 0.878. The van der Waals surface area contributed by atoms with Gasteiger partial charge in [-0.3, -0.25) is 0 Å². The number of methoxy groups -OCH3 is 2. The molecule has 0 aromatic carbocycles. The number of esters is 1. The largest absolute Gasteiger partial charge is 0.490 e. The predicted octanol–water partition coefficient (Wildman–Crippen LogP) is 5.63. The van der Waals surface area contributed by atoms with Crippen LogP contribution >= 0.6 is 0 Å². The van der Waals surface area contributed by atoms with Gasteiger partial charge >= 0.3 is 5.97 Å². The molecule has 0 rings (SSSR count). The second kappa shape index (κ2) is 10.7. The minimum Gasteiger partial charge on any atom is -0.490 e. The van der Waals surface area contributed by atoms with E-state index in [1.807, 2.05) is 13.0 Å². The molecule has 0 fully saturated rings. The van der Waals surface area contributed by atoms with Gasteiger partial charge in [-0.25, -0.2) is 4.79 Å². The van der Waals surface area contributed by atoms with Crippen LogP contribution in [0, 0.1) is 5.92 Å². The fraction of sp³-hybridized carbons (Fsp3) is 0.667. The van der Waals surface area contributed by atoms with Crippen LogP contribution in [0.25, 0.3) is 0 Å². The van der Waals surface area contributed by atoms with Crippen LogP contribution in [-0.2, 0) is 18.7 Å². The third kappa shape index (κ3) is 7.91. The molecule has 0 saturated carbocycles. The first kappa shape index (κ1) is 24.7. The Kier molecular flexibility index (Phi) is 10.2. The van der Waals surface area contributed by atoms with Crippen molar-refractivity contribution in [2.24, 2.45) is 5.92 Å². The number of hydrogen-bond donors (Lipinski definition) is 0. The molecule has 26 heavy (non-hydrogen) atoms. The van der Waals surface area contributed by atoms with E-state index in [4.69, 9.17) is 13.9 Å². The highest BCUT2D eigenvalue weighted by Gasteiger charge is 2.39. The molecule has 2 atom stereocenters. The van der Waals surface area contributed by atoms with E-state index in [2.05, 4.69) is 59.9 Å². The van der Waals surface area contributed by atoms with Crippen molar-refractivity contribution in [2.45, 2.75) is 72.2 Å². The van der Waals surface area contributed by atoms with E-state index in [0.29, 0.717) is 6.42 Å². The molecular weight excluding hydrogens is 344 g/mol. The van der Waals surface area contributed by atoms with Gasteiger partial charge in [-0.1, -0.05) is 51.5 Å². The summed E-state index contributed by atoms with van der Waals surface area (Å²) in [5.74, 6) is -0.0446. The quantitative estimate of drug-likeness (QED) is 0.170. The van der Waals surface area contributed by atoms with Gasteiger partial charge in [0, 0.05) is 0 Å². The van der Waals surface area contributed by atoms with Crippen LogP contribution in [0.15, 0.2) is 35.6 Å². The Balaban J connectivity index is 5.64. The molecule has 0 bridgehead atoms. The highest BCUT2D eigenvalue weighted by molar-refractivity contribution is 6.74. The third-order valence-electron chi connectivity index (χ3n) is 4.94. The van der Waals surface area contributed by atoms with Crippen LogP contribution in [0.4, 0.5) is 0 Å². The molecule has 0 unspecified atom stereocenters. The molecule has 0 N–H and O–H groups in total. The lowest BCUT2D eigenvalue weighted by Crippen LogP contribution is -2.45. The fourth-order valence-electron chi connectivity index (χ4n) is 2.34. The smallest absolute Gasteiger partial charge is 0.372 e. The highest BCUT2D eigenvalue weighted by Crippen LogP contribution is 2.38. The van der Waals surface area contributed by atoms with Gasteiger partial charge in [0.25, 0.3) is 0 Å². The van der Waals surface area contributed by atoms with Gasteiger partial charge in [-0.05, 0) is 50.4 Å². The van der Waals surface area contributed by atoms with Crippen LogP contribution in [-0.4, -0.2) is 34.6 Å². The van der Waals surface area contributed by atoms with Gasteiger partial charge in [0.2, 0.25) is 0 Å². The molecule has 4 nitrogen and oxygen atoms in total. The van der Waals surface area contributed by atoms with E-state index in [-0.39, 0.29) is 22.8 Å². The lowest BCUT2D eigenvalue weighted by molar-refractivity contribution is -0.139. The normalized spacial score (nSPS) is 16.5. The number of carbonyl (C=O) groups is 1. The van der Waals surface area contributed by atoms with Gasteiger partial charge in [-0.15, -0.1) is 0 Å². The number of allylic oxidation sites excluding steroid dienone is 3. The van der Waals surface area contributed by atoms with Crippen molar-refractivity contribution in [1.82, 2.24) is 0 Å². The van der Waals surface area contributed by atoms with Crippen molar-refractivity contribution >= 4 is 14.3 Å². The first-order valence-corrected chi connectivity index (χ1v) is 12.1. The molecule has 0 aromatic rings. The molecule has 0 heterocycles. The summed E-state index contributed by atoms with van der Waals surface area (Å²) < 4.78 is 16.6. The van der Waals surface area contributed by atoms with Crippen molar-refractivity contribution in [2.75, 3.05) is 14.2 Å². The summed E-state index contributed by atoms with van der Waals surface area (Å²) in [6.45, 7) is 17.4. The molecule has 150 valence electrons. The molecule has 0 spiro atoms. The van der Waals surface area contributed by atoms with Crippen LogP contribution in [0.5, 0.6) is 0 Å². The summed E-state index contributed by atoms with van der Waals surface area (Å²) in [6, 6.07) is 0. The van der Waals surface area contributed by atoms with Crippen molar-refractivity contribution < 1.29 is 18.7 Å². The minimum atomic E-state index is -1.95. The van der Waals surface area contributed by atoms with E-state index in [1.165, 1.54) is 19.8 Å². The second-order valence-corrected chi connectivity index (χ2v) is 12.9. The van der Waals surface area contributed by atoms with E-state index in [1.54, 1.807) is 6.08 Å². The number of ether oxygens (including phenoxy) is 2. The molecule has 0 aliphatic heterocycles. The Morgan fingerprint density at radius 1 is 1.15 bits per heavy atom. The Hall–Kier alpha value is -1.33. The van der Waals surface area contributed by atoms with Crippen molar-refractivity contribution in [3.63, 3.8) is 0 Å². The lowest BCUT2D eigenvalue weighted by Gasteiger charge is -2.40. The van der Waals surface area contributed by atoms with Gasteiger partial charge in [0.05, 0.1) is 20.3 Å². The Morgan fingerprint density at radius 2 is 1.73 bits per heavy atom. The van der Waals surface area contributed by atoms with E-state index < -0.39 is 14.3 Å². The van der Waals surface area contributed by atoms with E-state index in [9.17, 15) is 4.79 Å². The molecular formula is C21H38O4Si. The SMILES string of the molecule is C/C=C\C(C)=C\[C@H](C)[C@H](CC=C(OC)C(=O)OC)O[Si](C)(C)C(C)(C)C. The summed E-state index contributed by atoms with van der Waals surface area (Å²) in [4.78, 5) is 11.8. The van der Waals surface area contributed by atoms with Crippen molar-refractivity contribution in [1.29, 1.82) is 0 Å². The van der Waals surface area contributed by atoms with Crippen molar-refractivity contribution in [3.8, 4) is 0 Å². The van der Waals surface area contributed by atoms with Crippen LogP contribution in [0.1, 0.15) is 48.0 Å². The first-order valence-electron chi connectivity index (χ1n) is 9.21. The molecule has 0 aromatic heterocycles. The molecule has 0 saturated heterocycles. The maximum Gasteiger partial charge on any atom is 0.372 e. The second-order valence-electron chi connectivity index (χ2n) is 8.19. The van der Waals surface area contributed by atoms with Crippen LogP contribution < -0.4 is 0 Å². The Bertz CT molecular complexity index is 539. The van der Waals surface area contributed by atoms with Gasteiger partial charge in [0.15, 0.2) is 14.1 Å². The minimum absolute atomic E-state index is 0.0362. The van der Waals surface area contributed by atoms with E-state index in [0.717, 1.165) is 0 Å². The first-order chi connectivity index (χ1) is 11.9. The topological polar surface area (TPSA) is 44.8 Å². The molecule has 0 aliphatic carbocycles. The lowest BCUT2D eigenvalue weighted by atomic mass is 9.98. The molecule has 0 aliphatic rings. The Morgan fingerprint density at radius 3 is 2.15 bits per heavy atom. The zero-order chi connectivity index (χ0) is 20.5. The molecule has 0 radical (unpaired) electrons. The maximum absolute atomic E-state index is 11.8. The van der Waals surface area contributed by atoms with E-state index >= 15 is 0 Å². The summed E-state index contributed by atoms with van der Waals surface area (Å²) >= 11 is 0. The van der Waals surface area contributed by atoms with Crippen LogP contribution in [0.3, 0.4) is 0 Å². The molecule has 5 heteroatoms. The Labute approximate surface area is 161 Å². The standard InChI is InChI=1S/C21H38O4Si/c1-11-12-16(2)15-17(3)18(25-26(9,10)21(4,5)6)13-14-19(23-7)20(22)24-8/h11-12,14-15,17-18H,13H2,1-10H3/b12-11-,16-15+,19-14?/t17-,18-/m0/s1. The zero-order valence-corrected chi connectivity index (χ0v) is 19.3. The maximum atomic E-state index is 11.8. The highest BCUT2D eigenvalue weighted by atomic mass is 28.4. The number of rotatable bonds is 9. The van der Waals surface area contributed by atoms with Gasteiger partial charge in [-0.2, -0.15) is 0 Å². The van der Waals surface area contributed by atoms with Gasteiger partial charge < -0.3 is 13.9 Å². The third-order valence-corrected chi connectivity index (χ3v) is 9.44. The average molecular weight is 383 g/mol. The van der Waals surface area contributed by atoms with Crippen LogP contribution in [0.2, 0.25) is 18.1 Å². The summed E-state index contributed by atoms with van der Waals surface area (Å²) in [6.07, 6.45) is 8.67. The number of hydrogen-bond acceptors (Lipinski definition) is 4. The average Bonchev–Trinajstić information content (AvgIpc) is 2.52. The fourth-order valence-corrected chi connectivity index (χ4v) is 3.76. The monoisotopic (exact) mass is 382 g/mol. The summed E-state index contributed by atoms with van der Waals surface area (Å²) in [5, 5.41) is 0.114. The van der Waals surface area contributed by atoms with Crippen molar-refractivity contribution in [3.05, 3.63) is 35.6 Å². The van der Waals surface area contributed by atoms with Gasteiger partial charge in [0.1, 0.15) is 0 Å². The zero-order valence-electron chi connectivity index (χ0n) is 18.3. The summed E-state index contributed by atoms with van der Waals surface area (Å²) in [5.41, 5.74) is 1.20. The predicted molar refractivity (Wildman–Crippen MR) is 112 cm³/mol. The molecule has 0 amide bonds.